The molecule has 1 aromatic heterocycles. The molecular weight excluding hydrogens is 234 g/mol. The molecular formula is C11H11N5S. The highest BCUT2D eigenvalue weighted by Gasteiger charge is 2.26. The summed E-state index contributed by atoms with van der Waals surface area (Å²) in [5, 5.41) is 0.181. The average molecular weight is 245 g/mol. The number of hydrogen-bond donors (Lipinski definition) is 2. The molecule has 0 bridgehead atoms. The van der Waals surface area contributed by atoms with Gasteiger partial charge in [0.25, 0.3) is 0 Å². The average Bonchev–Trinajstić information content (AvgIpc) is 2.71. The van der Waals surface area contributed by atoms with Gasteiger partial charge in [0.15, 0.2) is 0 Å². The highest BCUT2D eigenvalue weighted by atomic mass is 32.2. The number of nitrogens with zero attached hydrogens (tertiary/aromatic N) is 3. The first kappa shape index (κ1) is 10.3. The van der Waals surface area contributed by atoms with Crippen LogP contribution in [0.15, 0.2) is 29.2 Å². The van der Waals surface area contributed by atoms with E-state index >= 15 is 0 Å². The number of rotatable bonds is 1. The Morgan fingerprint density at radius 1 is 1.06 bits per heavy atom. The fraction of sp³-hybridized carbons (Fsp3) is 0.182. The van der Waals surface area contributed by atoms with Gasteiger partial charge in [-0.15, -0.1) is 11.8 Å². The molecule has 86 valence electrons. The summed E-state index contributed by atoms with van der Waals surface area (Å²) in [6.07, 6.45) is 0.906. The van der Waals surface area contributed by atoms with Crippen molar-refractivity contribution in [2.45, 2.75) is 16.6 Å². The van der Waals surface area contributed by atoms with Gasteiger partial charge >= 0.3 is 0 Å². The molecule has 1 aliphatic heterocycles. The van der Waals surface area contributed by atoms with Crippen molar-refractivity contribution >= 4 is 23.7 Å². The zero-order valence-electron chi connectivity index (χ0n) is 9.00. The molecule has 0 amide bonds. The van der Waals surface area contributed by atoms with Gasteiger partial charge in [0.05, 0.1) is 5.25 Å². The van der Waals surface area contributed by atoms with Gasteiger partial charge in [-0.05, 0) is 18.1 Å². The van der Waals surface area contributed by atoms with E-state index in [1.165, 1.54) is 10.5 Å². The van der Waals surface area contributed by atoms with E-state index in [1.807, 2.05) is 12.1 Å². The van der Waals surface area contributed by atoms with E-state index in [0.717, 1.165) is 6.42 Å². The Hall–Kier alpha value is -1.82. The third-order valence-electron chi connectivity index (χ3n) is 2.62. The van der Waals surface area contributed by atoms with Gasteiger partial charge < -0.3 is 11.5 Å². The van der Waals surface area contributed by atoms with Gasteiger partial charge in [0, 0.05) is 4.90 Å². The second kappa shape index (κ2) is 3.89. The van der Waals surface area contributed by atoms with Crippen molar-refractivity contribution in [3.8, 4) is 0 Å². The molecule has 6 heteroatoms. The summed E-state index contributed by atoms with van der Waals surface area (Å²) >= 11 is 1.74. The van der Waals surface area contributed by atoms with Crippen LogP contribution in [0.4, 0.5) is 11.9 Å². The normalized spacial score (nSPS) is 18.0. The molecule has 1 aromatic carbocycles. The molecule has 2 aromatic rings. The first-order valence-electron chi connectivity index (χ1n) is 5.24. The first-order valence-corrected chi connectivity index (χ1v) is 6.12. The van der Waals surface area contributed by atoms with Crippen molar-refractivity contribution in [2.24, 2.45) is 0 Å². The quantitative estimate of drug-likeness (QED) is 0.789. The second-order valence-corrected chi connectivity index (χ2v) is 5.07. The minimum atomic E-state index is 0.181. The number of benzene rings is 1. The molecule has 5 nitrogen and oxygen atoms in total. The Bertz CT molecular complexity index is 526. The summed E-state index contributed by atoms with van der Waals surface area (Å²) < 4.78 is 0. The maximum atomic E-state index is 5.58. The van der Waals surface area contributed by atoms with Crippen LogP contribution in [0.3, 0.4) is 0 Å². The largest absolute Gasteiger partial charge is 0.368 e. The third kappa shape index (κ3) is 1.91. The molecule has 3 rings (SSSR count). The monoisotopic (exact) mass is 245 g/mol. The lowest BCUT2D eigenvalue weighted by molar-refractivity contribution is 0.840. The lowest BCUT2D eigenvalue weighted by atomic mass is 10.1. The minimum Gasteiger partial charge on any atom is -0.368 e. The number of fused-ring (bicyclic) bond motifs is 1. The number of aromatic nitrogens is 3. The van der Waals surface area contributed by atoms with E-state index in [1.54, 1.807) is 11.8 Å². The molecule has 0 spiro atoms. The van der Waals surface area contributed by atoms with Crippen molar-refractivity contribution < 1.29 is 0 Å². The lowest BCUT2D eigenvalue weighted by Gasteiger charge is -2.07. The second-order valence-electron chi connectivity index (χ2n) is 3.83. The first-order chi connectivity index (χ1) is 8.22. The van der Waals surface area contributed by atoms with Gasteiger partial charge in [-0.25, -0.2) is 0 Å². The van der Waals surface area contributed by atoms with Crippen molar-refractivity contribution in [1.29, 1.82) is 0 Å². The Labute approximate surface area is 103 Å². The molecule has 4 N–H and O–H groups in total. The summed E-state index contributed by atoms with van der Waals surface area (Å²) in [6, 6.07) is 8.30. The zero-order chi connectivity index (χ0) is 11.8. The molecule has 2 heterocycles. The van der Waals surface area contributed by atoms with E-state index in [0.29, 0.717) is 5.82 Å². The topological polar surface area (TPSA) is 90.7 Å². The molecule has 0 saturated carbocycles. The van der Waals surface area contributed by atoms with Crippen LogP contribution in [-0.4, -0.2) is 15.0 Å². The number of anilines is 2. The van der Waals surface area contributed by atoms with Crippen LogP contribution in [0.5, 0.6) is 0 Å². The highest BCUT2D eigenvalue weighted by Crippen LogP contribution is 2.45. The Morgan fingerprint density at radius 3 is 2.47 bits per heavy atom. The van der Waals surface area contributed by atoms with Crippen LogP contribution in [0, 0.1) is 0 Å². The highest BCUT2D eigenvalue weighted by molar-refractivity contribution is 7.99. The molecule has 1 atom stereocenters. The lowest BCUT2D eigenvalue weighted by Crippen LogP contribution is -2.08. The maximum absolute atomic E-state index is 5.58. The van der Waals surface area contributed by atoms with E-state index in [4.69, 9.17) is 11.5 Å². The Balaban J connectivity index is 1.93. The summed E-state index contributed by atoms with van der Waals surface area (Å²) in [7, 11) is 0. The molecule has 1 unspecified atom stereocenters. The van der Waals surface area contributed by atoms with Crippen LogP contribution < -0.4 is 11.5 Å². The van der Waals surface area contributed by atoms with Crippen LogP contribution in [0.1, 0.15) is 16.6 Å². The van der Waals surface area contributed by atoms with E-state index in [9.17, 15) is 0 Å². The number of nitrogens with two attached hydrogens (primary N) is 2. The van der Waals surface area contributed by atoms with Gasteiger partial charge in [-0.2, -0.15) is 15.0 Å². The maximum Gasteiger partial charge on any atom is 0.225 e. The summed E-state index contributed by atoms with van der Waals surface area (Å²) in [5.74, 6) is 1.03. The van der Waals surface area contributed by atoms with Gasteiger partial charge in [-0.1, -0.05) is 18.2 Å². The van der Waals surface area contributed by atoms with Crippen molar-refractivity contribution in [3.63, 3.8) is 0 Å². The molecule has 1 aliphatic rings. The number of hydrogen-bond acceptors (Lipinski definition) is 6. The van der Waals surface area contributed by atoms with Crippen LogP contribution in [0.2, 0.25) is 0 Å². The van der Waals surface area contributed by atoms with Gasteiger partial charge in [-0.3, -0.25) is 0 Å². The standard InChI is InChI=1S/C11H11N5S/c12-10-14-9(15-11(13)16-10)8-5-6-3-1-2-4-7(6)17-8/h1-4,8H,5H2,(H4,12,13,14,15,16). The fourth-order valence-electron chi connectivity index (χ4n) is 1.90. The van der Waals surface area contributed by atoms with Gasteiger partial charge in [0.2, 0.25) is 11.9 Å². The number of thioether (sulfide) groups is 1. The van der Waals surface area contributed by atoms with E-state index < -0.39 is 0 Å². The van der Waals surface area contributed by atoms with E-state index in [-0.39, 0.29) is 17.1 Å². The summed E-state index contributed by atoms with van der Waals surface area (Å²) in [4.78, 5) is 13.4. The molecule has 0 aliphatic carbocycles. The van der Waals surface area contributed by atoms with Crippen molar-refractivity contribution in [2.75, 3.05) is 11.5 Å². The number of nitrogen functional groups attached to an aromatic ring is 2. The molecule has 0 fully saturated rings. The smallest absolute Gasteiger partial charge is 0.225 e. The van der Waals surface area contributed by atoms with Crippen LogP contribution >= 0.6 is 11.8 Å². The Morgan fingerprint density at radius 2 is 1.76 bits per heavy atom. The third-order valence-corrected chi connectivity index (χ3v) is 3.94. The Kier molecular flexibility index (Phi) is 2.36. The molecule has 0 radical (unpaired) electrons. The zero-order valence-corrected chi connectivity index (χ0v) is 9.81. The molecule has 0 saturated heterocycles. The molecule has 17 heavy (non-hydrogen) atoms. The SMILES string of the molecule is Nc1nc(N)nc(C2Cc3ccccc3S2)n1. The van der Waals surface area contributed by atoms with Crippen molar-refractivity contribution in [1.82, 2.24) is 15.0 Å². The van der Waals surface area contributed by atoms with E-state index in [2.05, 4.69) is 27.1 Å². The van der Waals surface area contributed by atoms with Crippen LogP contribution in [-0.2, 0) is 6.42 Å². The summed E-state index contributed by atoms with van der Waals surface area (Å²) in [6.45, 7) is 0. The fourth-order valence-corrected chi connectivity index (χ4v) is 3.14. The summed E-state index contributed by atoms with van der Waals surface area (Å²) in [5.41, 5.74) is 12.5. The van der Waals surface area contributed by atoms with Crippen molar-refractivity contribution in [3.05, 3.63) is 35.7 Å². The van der Waals surface area contributed by atoms with Crippen LogP contribution in [0.25, 0.3) is 0 Å². The minimum absolute atomic E-state index is 0.181. The predicted octanol–water partition coefficient (Wildman–Crippen LogP) is 1.43. The van der Waals surface area contributed by atoms with Gasteiger partial charge in [0.1, 0.15) is 5.82 Å². The predicted molar refractivity (Wildman–Crippen MR) is 67.4 cm³/mol.